The molecule has 1 amide bonds. The average molecular weight is 369 g/mol. The molecule has 5 nitrogen and oxygen atoms in total. The Morgan fingerprint density at radius 1 is 1.07 bits per heavy atom. The number of carbonyl (C=O) groups is 1. The SMILES string of the molecule is CCCOc1ccc(CNC(=O)c2ccc(OCC3CC3)cc2)cc1OC. The Balaban J connectivity index is 1.53. The van der Waals surface area contributed by atoms with E-state index in [1.165, 1.54) is 12.8 Å². The predicted octanol–water partition coefficient (Wildman–Crippen LogP) is 4.20. The summed E-state index contributed by atoms with van der Waals surface area (Å²) in [5.41, 5.74) is 1.57. The van der Waals surface area contributed by atoms with Crippen LogP contribution in [0.2, 0.25) is 0 Å². The van der Waals surface area contributed by atoms with Crippen molar-refractivity contribution in [3.8, 4) is 17.2 Å². The second-order valence-electron chi connectivity index (χ2n) is 6.80. The van der Waals surface area contributed by atoms with Crippen LogP contribution in [0.5, 0.6) is 17.2 Å². The molecular weight excluding hydrogens is 342 g/mol. The molecule has 0 spiro atoms. The highest BCUT2D eigenvalue weighted by Crippen LogP contribution is 2.30. The van der Waals surface area contributed by atoms with Crippen LogP contribution in [-0.2, 0) is 6.54 Å². The second kappa shape index (κ2) is 9.31. The van der Waals surface area contributed by atoms with Crippen LogP contribution in [0.4, 0.5) is 0 Å². The van der Waals surface area contributed by atoms with Crippen LogP contribution in [0.1, 0.15) is 42.1 Å². The van der Waals surface area contributed by atoms with Gasteiger partial charge in [0.1, 0.15) is 5.75 Å². The van der Waals surface area contributed by atoms with E-state index in [0.29, 0.717) is 30.4 Å². The molecule has 0 unspecified atom stereocenters. The Labute approximate surface area is 160 Å². The molecule has 2 aromatic carbocycles. The highest BCUT2D eigenvalue weighted by molar-refractivity contribution is 5.94. The first-order valence-corrected chi connectivity index (χ1v) is 9.50. The van der Waals surface area contributed by atoms with E-state index in [0.717, 1.165) is 30.1 Å². The number of nitrogens with one attached hydrogen (secondary N) is 1. The Hall–Kier alpha value is -2.69. The van der Waals surface area contributed by atoms with Gasteiger partial charge in [-0.2, -0.15) is 0 Å². The fraction of sp³-hybridized carbons (Fsp3) is 0.409. The van der Waals surface area contributed by atoms with Gasteiger partial charge in [-0.3, -0.25) is 4.79 Å². The van der Waals surface area contributed by atoms with Crippen LogP contribution in [-0.4, -0.2) is 26.2 Å². The van der Waals surface area contributed by atoms with E-state index < -0.39 is 0 Å². The Bertz CT molecular complexity index is 753. The molecule has 1 saturated carbocycles. The van der Waals surface area contributed by atoms with Gasteiger partial charge in [0.2, 0.25) is 0 Å². The summed E-state index contributed by atoms with van der Waals surface area (Å²) in [6.45, 7) is 3.89. The van der Waals surface area contributed by atoms with Crippen LogP contribution in [0, 0.1) is 5.92 Å². The molecule has 1 aliphatic carbocycles. The van der Waals surface area contributed by atoms with Gasteiger partial charge >= 0.3 is 0 Å². The second-order valence-corrected chi connectivity index (χ2v) is 6.80. The van der Waals surface area contributed by atoms with E-state index in [2.05, 4.69) is 12.2 Å². The van der Waals surface area contributed by atoms with Gasteiger partial charge in [0.15, 0.2) is 11.5 Å². The van der Waals surface area contributed by atoms with Crippen molar-refractivity contribution in [3.05, 3.63) is 53.6 Å². The first kappa shape index (κ1) is 19.1. The van der Waals surface area contributed by atoms with Crippen molar-refractivity contribution in [2.45, 2.75) is 32.7 Å². The molecule has 2 aromatic rings. The van der Waals surface area contributed by atoms with Gasteiger partial charge < -0.3 is 19.5 Å². The zero-order chi connectivity index (χ0) is 19.1. The number of carbonyl (C=O) groups excluding carboxylic acids is 1. The Morgan fingerprint density at radius 2 is 1.85 bits per heavy atom. The largest absolute Gasteiger partial charge is 0.493 e. The highest BCUT2D eigenvalue weighted by atomic mass is 16.5. The zero-order valence-electron chi connectivity index (χ0n) is 16.0. The molecule has 27 heavy (non-hydrogen) atoms. The monoisotopic (exact) mass is 369 g/mol. The quantitative estimate of drug-likeness (QED) is 0.682. The third-order valence-electron chi connectivity index (χ3n) is 4.44. The molecule has 1 N–H and O–H groups in total. The minimum atomic E-state index is -0.117. The molecule has 0 aliphatic heterocycles. The summed E-state index contributed by atoms with van der Waals surface area (Å²) >= 11 is 0. The van der Waals surface area contributed by atoms with E-state index >= 15 is 0 Å². The van der Waals surface area contributed by atoms with E-state index in [-0.39, 0.29) is 5.91 Å². The number of ether oxygens (including phenoxy) is 3. The molecule has 5 heteroatoms. The molecule has 0 heterocycles. The molecule has 0 saturated heterocycles. The Kier molecular flexibility index (Phi) is 6.58. The number of rotatable bonds is 10. The standard InChI is InChI=1S/C22H27NO4/c1-3-12-26-20-11-6-17(13-21(20)25-2)14-23-22(24)18-7-9-19(10-8-18)27-15-16-4-5-16/h6-11,13,16H,3-5,12,14-15H2,1-2H3,(H,23,24). The molecular formula is C22H27NO4. The fourth-order valence-electron chi connectivity index (χ4n) is 2.64. The topological polar surface area (TPSA) is 56.8 Å². The number of amides is 1. The summed E-state index contributed by atoms with van der Waals surface area (Å²) in [4.78, 5) is 12.4. The van der Waals surface area contributed by atoms with Crippen molar-refractivity contribution in [2.75, 3.05) is 20.3 Å². The fourth-order valence-corrected chi connectivity index (χ4v) is 2.64. The van der Waals surface area contributed by atoms with Crippen molar-refractivity contribution in [1.29, 1.82) is 0 Å². The molecule has 0 radical (unpaired) electrons. The smallest absolute Gasteiger partial charge is 0.251 e. The number of hydrogen-bond acceptors (Lipinski definition) is 4. The molecule has 1 aliphatic rings. The number of hydrogen-bond donors (Lipinski definition) is 1. The minimum absolute atomic E-state index is 0.117. The lowest BCUT2D eigenvalue weighted by Crippen LogP contribution is -2.22. The van der Waals surface area contributed by atoms with E-state index in [9.17, 15) is 4.79 Å². The predicted molar refractivity (Wildman–Crippen MR) is 105 cm³/mol. The molecule has 3 rings (SSSR count). The zero-order valence-corrected chi connectivity index (χ0v) is 16.0. The maximum atomic E-state index is 12.4. The molecule has 0 aromatic heterocycles. The minimum Gasteiger partial charge on any atom is -0.493 e. The lowest BCUT2D eigenvalue weighted by molar-refractivity contribution is 0.0951. The van der Waals surface area contributed by atoms with Gasteiger partial charge in [-0.25, -0.2) is 0 Å². The summed E-state index contributed by atoms with van der Waals surface area (Å²) in [6.07, 6.45) is 3.46. The van der Waals surface area contributed by atoms with E-state index in [1.54, 1.807) is 19.2 Å². The van der Waals surface area contributed by atoms with Crippen LogP contribution >= 0.6 is 0 Å². The number of benzene rings is 2. The van der Waals surface area contributed by atoms with Crippen molar-refractivity contribution < 1.29 is 19.0 Å². The van der Waals surface area contributed by atoms with Crippen LogP contribution in [0.25, 0.3) is 0 Å². The van der Waals surface area contributed by atoms with E-state index in [4.69, 9.17) is 14.2 Å². The van der Waals surface area contributed by atoms with E-state index in [1.807, 2.05) is 30.3 Å². The van der Waals surface area contributed by atoms with Crippen LogP contribution in [0.3, 0.4) is 0 Å². The van der Waals surface area contributed by atoms with Crippen LogP contribution < -0.4 is 19.5 Å². The van der Waals surface area contributed by atoms with Crippen molar-refractivity contribution in [1.82, 2.24) is 5.32 Å². The van der Waals surface area contributed by atoms with Gasteiger partial charge in [-0.1, -0.05) is 13.0 Å². The third kappa shape index (κ3) is 5.64. The average Bonchev–Trinajstić information content (AvgIpc) is 3.54. The van der Waals surface area contributed by atoms with Gasteiger partial charge in [0.25, 0.3) is 5.91 Å². The first-order chi connectivity index (χ1) is 13.2. The van der Waals surface area contributed by atoms with Gasteiger partial charge in [0, 0.05) is 12.1 Å². The van der Waals surface area contributed by atoms with Gasteiger partial charge in [-0.15, -0.1) is 0 Å². The van der Waals surface area contributed by atoms with Crippen LogP contribution in [0.15, 0.2) is 42.5 Å². The van der Waals surface area contributed by atoms with Crippen molar-refractivity contribution in [2.24, 2.45) is 5.92 Å². The molecule has 144 valence electrons. The summed E-state index contributed by atoms with van der Waals surface area (Å²) in [5.74, 6) is 2.80. The molecule has 0 bridgehead atoms. The lowest BCUT2D eigenvalue weighted by atomic mass is 10.1. The first-order valence-electron chi connectivity index (χ1n) is 9.50. The van der Waals surface area contributed by atoms with Gasteiger partial charge in [-0.05, 0) is 67.1 Å². The maximum Gasteiger partial charge on any atom is 0.251 e. The summed E-state index contributed by atoms with van der Waals surface area (Å²) in [6, 6.07) is 13.0. The summed E-state index contributed by atoms with van der Waals surface area (Å²) < 4.78 is 16.7. The maximum absolute atomic E-state index is 12.4. The third-order valence-corrected chi connectivity index (χ3v) is 4.44. The van der Waals surface area contributed by atoms with Gasteiger partial charge in [0.05, 0.1) is 20.3 Å². The van der Waals surface area contributed by atoms with Crippen molar-refractivity contribution in [3.63, 3.8) is 0 Å². The lowest BCUT2D eigenvalue weighted by Gasteiger charge is -2.12. The molecule has 1 fully saturated rings. The highest BCUT2D eigenvalue weighted by Gasteiger charge is 2.21. The van der Waals surface area contributed by atoms with Crippen molar-refractivity contribution >= 4 is 5.91 Å². The normalized spacial score (nSPS) is 13.1. The number of methoxy groups -OCH3 is 1. The summed E-state index contributed by atoms with van der Waals surface area (Å²) in [7, 11) is 1.61. The Morgan fingerprint density at radius 3 is 2.52 bits per heavy atom. The summed E-state index contributed by atoms with van der Waals surface area (Å²) in [5, 5.41) is 2.93. The molecule has 0 atom stereocenters.